The number of aromatic nitrogens is 1. The largest absolute Gasteiger partial charge is 0.477 e. The SMILES string of the molecule is N#Cc1cccn1Cc1c(C(=O)O)sc2ccccc12. The van der Waals surface area contributed by atoms with E-state index < -0.39 is 5.97 Å². The van der Waals surface area contributed by atoms with E-state index in [-0.39, 0.29) is 0 Å². The third kappa shape index (κ3) is 1.96. The number of hydrogen-bond donors (Lipinski definition) is 1. The number of nitriles is 1. The molecule has 20 heavy (non-hydrogen) atoms. The van der Waals surface area contributed by atoms with Gasteiger partial charge in [0.1, 0.15) is 16.6 Å². The Kier molecular flexibility index (Phi) is 3.01. The Labute approximate surface area is 119 Å². The van der Waals surface area contributed by atoms with Gasteiger partial charge in [-0.05, 0) is 23.6 Å². The van der Waals surface area contributed by atoms with Gasteiger partial charge in [-0.3, -0.25) is 0 Å². The second-order valence-corrected chi connectivity index (χ2v) is 5.40. The van der Waals surface area contributed by atoms with Crippen LogP contribution >= 0.6 is 11.3 Å². The Morgan fingerprint density at radius 3 is 2.85 bits per heavy atom. The average Bonchev–Trinajstić information content (AvgIpc) is 3.04. The molecule has 0 unspecified atom stereocenters. The van der Waals surface area contributed by atoms with Crippen LogP contribution in [0.3, 0.4) is 0 Å². The molecule has 1 N–H and O–H groups in total. The number of fused-ring (bicyclic) bond motifs is 1. The number of thiophene rings is 1. The van der Waals surface area contributed by atoms with Crippen LogP contribution in [0.15, 0.2) is 42.6 Å². The van der Waals surface area contributed by atoms with Gasteiger partial charge in [-0.1, -0.05) is 18.2 Å². The molecule has 3 aromatic rings. The number of carboxylic acids is 1. The number of hydrogen-bond acceptors (Lipinski definition) is 3. The molecule has 98 valence electrons. The van der Waals surface area contributed by atoms with Crippen LogP contribution in [0.5, 0.6) is 0 Å². The number of rotatable bonds is 3. The first-order valence-corrected chi connectivity index (χ1v) is 6.81. The smallest absolute Gasteiger partial charge is 0.346 e. The minimum atomic E-state index is -0.924. The molecule has 0 radical (unpaired) electrons. The first-order chi connectivity index (χ1) is 9.70. The molecule has 2 aromatic heterocycles. The van der Waals surface area contributed by atoms with Crippen LogP contribution in [0.1, 0.15) is 20.9 Å². The summed E-state index contributed by atoms with van der Waals surface area (Å²) in [5.74, 6) is -0.924. The number of benzene rings is 1. The van der Waals surface area contributed by atoms with E-state index in [1.165, 1.54) is 11.3 Å². The van der Waals surface area contributed by atoms with Crippen LogP contribution < -0.4 is 0 Å². The highest BCUT2D eigenvalue weighted by Crippen LogP contribution is 2.32. The maximum atomic E-state index is 11.4. The van der Waals surface area contributed by atoms with Crippen molar-refractivity contribution in [3.8, 4) is 6.07 Å². The molecule has 0 saturated heterocycles. The summed E-state index contributed by atoms with van der Waals surface area (Å²) in [5, 5.41) is 19.3. The highest BCUT2D eigenvalue weighted by Gasteiger charge is 2.18. The highest BCUT2D eigenvalue weighted by atomic mass is 32.1. The van der Waals surface area contributed by atoms with Crippen molar-refractivity contribution in [2.24, 2.45) is 0 Å². The fraction of sp³-hybridized carbons (Fsp3) is 0.0667. The van der Waals surface area contributed by atoms with Gasteiger partial charge in [-0.2, -0.15) is 5.26 Å². The first-order valence-electron chi connectivity index (χ1n) is 5.99. The maximum Gasteiger partial charge on any atom is 0.346 e. The molecule has 0 aliphatic heterocycles. The van der Waals surface area contributed by atoms with Gasteiger partial charge in [0.25, 0.3) is 0 Å². The lowest BCUT2D eigenvalue weighted by Crippen LogP contribution is -2.05. The second kappa shape index (κ2) is 4.83. The molecule has 0 amide bonds. The van der Waals surface area contributed by atoms with E-state index in [0.29, 0.717) is 17.1 Å². The number of nitrogens with zero attached hydrogens (tertiary/aromatic N) is 2. The van der Waals surface area contributed by atoms with Gasteiger partial charge in [-0.25, -0.2) is 4.79 Å². The summed E-state index contributed by atoms with van der Waals surface area (Å²) in [7, 11) is 0. The molecule has 4 nitrogen and oxygen atoms in total. The van der Waals surface area contributed by atoms with Crippen LogP contribution in [0, 0.1) is 11.3 Å². The Bertz CT molecular complexity index is 839. The Hall–Kier alpha value is -2.58. The Morgan fingerprint density at radius 1 is 1.30 bits per heavy atom. The molecule has 0 spiro atoms. The predicted octanol–water partition coefficient (Wildman–Crippen LogP) is 3.32. The fourth-order valence-corrected chi connectivity index (χ4v) is 3.31. The zero-order valence-electron chi connectivity index (χ0n) is 10.4. The minimum Gasteiger partial charge on any atom is -0.477 e. The zero-order valence-corrected chi connectivity index (χ0v) is 11.2. The summed E-state index contributed by atoms with van der Waals surface area (Å²) >= 11 is 1.27. The van der Waals surface area contributed by atoms with Gasteiger partial charge in [-0.15, -0.1) is 11.3 Å². The van der Waals surface area contributed by atoms with Gasteiger partial charge in [0, 0.05) is 16.5 Å². The number of carboxylic acid groups (broad SMARTS) is 1. The zero-order chi connectivity index (χ0) is 14.1. The molecule has 0 aliphatic rings. The van der Waals surface area contributed by atoms with Crippen LogP contribution in [-0.2, 0) is 6.54 Å². The van der Waals surface area contributed by atoms with Gasteiger partial charge in [0.2, 0.25) is 0 Å². The van der Waals surface area contributed by atoms with Crippen LogP contribution in [0.25, 0.3) is 10.1 Å². The molecule has 0 aliphatic carbocycles. The molecule has 0 fully saturated rings. The van der Waals surface area contributed by atoms with E-state index in [2.05, 4.69) is 6.07 Å². The molecule has 0 atom stereocenters. The van der Waals surface area contributed by atoms with Crippen molar-refractivity contribution in [2.45, 2.75) is 6.54 Å². The number of aromatic carboxylic acids is 1. The van der Waals surface area contributed by atoms with Crippen molar-refractivity contribution in [3.05, 3.63) is 58.7 Å². The molecule has 1 aromatic carbocycles. The number of carbonyl (C=O) groups is 1. The van der Waals surface area contributed by atoms with Crippen molar-refractivity contribution in [1.82, 2.24) is 4.57 Å². The van der Waals surface area contributed by atoms with Crippen molar-refractivity contribution in [1.29, 1.82) is 5.26 Å². The maximum absolute atomic E-state index is 11.4. The van der Waals surface area contributed by atoms with Crippen LogP contribution in [0.2, 0.25) is 0 Å². The lowest BCUT2D eigenvalue weighted by Gasteiger charge is -2.05. The fourth-order valence-electron chi connectivity index (χ4n) is 2.25. The summed E-state index contributed by atoms with van der Waals surface area (Å²) in [6.07, 6.45) is 1.79. The Balaban J connectivity index is 2.17. The molecule has 2 heterocycles. The van der Waals surface area contributed by atoms with Gasteiger partial charge in [0.05, 0.1) is 6.54 Å². The van der Waals surface area contributed by atoms with E-state index in [0.717, 1.165) is 15.6 Å². The Morgan fingerprint density at radius 2 is 2.10 bits per heavy atom. The summed E-state index contributed by atoms with van der Waals surface area (Å²) in [6.45, 7) is 0.390. The lowest BCUT2D eigenvalue weighted by molar-refractivity contribution is 0.0701. The molecule has 5 heteroatoms. The molecular formula is C15H10N2O2S. The first kappa shape index (κ1) is 12.5. The molecule has 0 bridgehead atoms. The quantitative estimate of drug-likeness (QED) is 0.801. The van der Waals surface area contributed by atoms with Crippen molar-refractivity contribution in [3.63, 3.8) is 0 Å². The topological polar surface area (TPSA) is 66.0 Å². The average molecular weight is 282 g/mol. The van der Waals surface area contributed by atoms with E-state index in [9.17, 15) is 9.90 Å². The van der Waals surface area contributed by atoms with Crippen LogP contribution in [-0.4, -0.2) is 15.6 Å². The minimum absolute atomic E-state index is 0.337. The third-order valence-electron chi connectivity index (χ3n) is 3.17. The third-order valence-corrected chi connectivity index (χ3v) is 4.37. The van der Waals surface area contributed by atoms with Gasteiger partial charge < -0.3 is 9.67 Å². The van der Waals surface area contributed by atoms with Crippen molar-refractivity contribution < 1.29 is 9.90 Å². The summed E-state index contributed by atoms with van der Waals surface area (Å²) in [4.78, 5) is 11.7. The standard InChI is InChI=1S/C15H10N2O2S/c16-8-10-4-3-7-17(10)9-12-11-5-1-2-6-13(11)20-14(12)15(18)19/h1-7H,9H2,(H,18,19). The summed E-state index contributed by atoms with van der Waals surface area (Å²) < 4.78 is 2.71. The summed E-state index contributed by atoms with van der Waals surface area (Å²) in [6, 6.07) is 13.2. The monoisotopic (exact) mass is 282 g/mol. The van der Waals surface area contributed by atoms with Gasteiger partial charge in [0.15, 0.2) is 0 Å². The van der Waals surface area contributed by atoms with Crippen molar-refractivity contribution >= 4 is 27.4 Å². The van der Waals surface area contributed by atoms with E-state index in [4.69, 9.17) is 5.26 Å². The van der Waals surface area contributed by atoms with E-state index in [1.54, 1.807) is 22.9 Å². The predicted molar refractivity (Wildman–Crippen MR) is 77.0 cm³/mol. The molecule has 3 rings (SSSR count). The van der Waals surface area contributed by atoms with Gasteiger partial charge >= 0.3 is 5.97 Å². The van der Waals surface area contributed by atoms with Crippen molar-refractivity contribution in [2.75, 3.05) is 0 Å². The molecule has 0 saturated carbocycles. The normalized spacial score (nSPS) is 10.6. The second-order valence-electron chi connectivity index (χ2n) is 4.34. The molecular weight excluding hydrogens is 272 g/mol. The highest BCUT2D eigenvalue weighted by molar-refractivity contribution is 7.21. The lowest BCUT2D eigenvalue weighted by atomic mass is 10.1. The van der Waals surface area contributed by atoms with E-state index >= 15 is 0 Å². The van der Waals surface area contributed by atoms with E-state index in [1.807, 2.05) is 24.3 Å². The van der Waals surface area contributed by atoms with Crippen LogP contribution in [0.4, 0.5) is 0 Å². The summed E-state index contributed by atoms with van der Waals surface area (Å²) in [5.41, 5.74) is 1.28.